The Bertz CT molecular complexity index is 683. The van der Waals surface area contributed by atoms with Gasteiger partial charge in [0.2, 0.25) is 0 Å². The molecular weight excluding hydrogens is 342 g/mol. The largest absolute Gasteiger partial charge is 0.493 e. The number of carbonyl (C=O) groups excluding carboxylic acids is 1. The molecule has 4 heteroatoms. The Morgan fingerprint density at radius 2 is 2.00 bits per heavy atom. The molecule has 0 unspecified atom stereocenters. The van der Waals surface area contributed by atoms with E-state index in [0.717, 1.165) is 33.5 Å². The van der Waals surface area contributed by atoms with Crippen molar-refractivity contribution in [1.82, 2.24) is 0 Å². The van der Waals surface area contributed by atoms with Crippen LogP contribution in [0.15, 0.2) is 40.9 Å². The van der Waals surface area contributed by atoms with Gasteiger partial charge in [0.15, 0.2) is 0 Å². The highest BCUT2D eigenvalue weighted by Crippen LogP contribution is 2.27. The van der Waals surface area contributed by atoms with E-state index in [0.29, 0.717) is 12.2 Å². The van der Waals surface area contributed by atoms with E-state index in [9.17, 15) is 4.79 Å². The molecule has 0 atom stereocenters. The number of nitrogens with one attached hydrogen (secondary N) is 1. The van der Waals surface area contributed by atoms with Crippen LogP contribution in [-0.4, -0.2) is 12.5 Å². The number of benzene rings is 2. The van der Waals surface area contributed by atoms with Crippen molar-refractivity contribution >= 4 is 27.5 Å². The van der Waals surface area contributed by atoms with Crippen LogP contribution in [-0.2, 0) is 6.42 Å². The summed E-state index contributed by atoms with van der Waals surface area (Å²) in [5, 5.41) is 3.02. The quantitative estimate of drug-likeness (QED) is 0.816. The number of hydrogen-bond acceptors (Lipinski definition) is 2. The van der Waals surface area contributed by atoms with Gasteiger partial charge in [-0.15, -0.1) is 0 Å². The number of carbonyl (C=O) groups is 1. The zero-order valence-electron chi connectivity index (χ0n) is 13.1. The van der Waals surface area contributed by atoms with Gasteiger partial charge < -0.3 is 10.1 Å². The van der Waals surface area contributed by atoms with Crippen LogP contribution in [0.4, 0.5) is 5.69 Å². The molecule has 0 aliphatic heterocycles. The number of hydrogen-bond donors (Lipinski definition) is 1. The van der Waals surface area contributed by atoms with E-state index in [1.165, 1.54) is 0 Å². The van der Waals surface area contributed by atoms with Crippen molar-refractivity contribution in [2.24, 2.45) is 0 Å². The number of aryl methyl sites for hydroxylation is 2. The molecular formula is C18H20BrNO2. The van der Waals surface area contributed by atoms with Gasteiger partial charge in [-0.05, 0) is 65.5 Å². The lowest BCUT2D eigenvalue weighted by Gasteiger charge is -2.13. The number of ether oxygens (including phenoxy) is 1. The molecule has 1 amide bonds. The van der Waals surface area contributed by atoms with Gasteiger partial charge in [-0.2, -0.15) is 0 Å². The normalized spacial score (nSPS) is 10.4. The lowest BCUT2D eigenvalue weighted by molar-refractivity contribution is 0.102. The maximum absolute atomic E-state index is 12.5. The third kappa shape index (κ3) is 3.69. The van der Waals surface area contributed by atoms with Crippen molar-refractivity contribution in [3.05, 3.63) is 57.6 Å². The average molecular weight is 362 g/mol. The summed E-state index contributed by atoms with van der Waals surface area (Å²) in [4.78, 5) is 12.5. The van der Waals surface area contributed by atoms with Crippen LogP contribution in [0.2, 0.25) is 0 Å². The lowest BCUT2D eigenvalue weighted by Crippen LogP contribution is -2.14. The Hall–Kier alpha value is -1.81. The van der Waals surface area contributed by atoms with Crippen LogP contribution in [0.5, 0.6) is 5.75 Å². The van der Waals surface area contributed by atoms with E-state index in [-0.39, 0.29) is 5.91 Å². The molecule has 22 heavy (non-hydrogen) atoms. The first-order valence-electron chi connectivity index (χ1n) is 7.39. The first kappa shape index (κ1) is 16.6. The van der Waals surface area contributed by atoms with Gasteiger partial charge in [0.05, 0.1) is 11.1 Å². The molecule has 0 heterocycles. The summed E-state index contributed by atoms with van der Waals surface area (Å²) in [6, 6.07) is 11.4. The third-order valence-electron chi connectivity index (χ3n) is 3.47. The van der Waals surface area contributed by atoms with Crippen molar-refractivity contribution in [2.45, 2.75) is 27.2 Å². The van der Waals surface area contributed by atoms with E-state index in [4.69, 9.17) is 4.74 Å². The maximum Gasteiger partial charge on any atom is 0.255 e. The monoisotopic (exact) mass is 361 g/mol. The molecule has 1 N–H and O–H groups in total. The summed E-state index contributed by atoms with van der Waals surface area (Å²) >= 11 is 3.44. The Morgan fingerprint density at radius 1 is 1.23 bits per heavy atom. The van der Waals surface area contributed by atoms with E-state index in [1.807, 2.05) is 32.0 Å². The number of rotatable bonds is 5. The van der Waals surface area contributed by atoms with Crippen LogP contribution in [0.25, 0.3) is 0 Å². The number of amides is 1. The van der Waals surface area contributed by atoms with Gasteiger partial charge in [-0.3, -0.25) is 4.79 Å². The Labute approximate surface area is 139 Å². The van der Waals surface area contributed by atoms with Crippen LogP contribution < -0.4 is 10.1 Å². The molecule has 0 aromatic heterocycles. The summed E-state index contributed by atoms with van der Waals surface area (Å²) in [5.74, 6) is 0.622. The summed E-state index contributed by atoms with van der Waals surface area (Å²) in [5.41, 5.74) is 3.71. The number of para-hydroxylation sites is 1. The second kappa shape index (κ2) is 7.45. The predicted molar refractivity (Wildman–Crippen MR) is 93.8 cm³/mol. The highest BCUT2D eigenvalue weighted by atomic mass is 79.9. The van der Waals surface area contributed by atoms with Crippen LogP contribution in [0.1, 0.15) is 35.3 Å². The summed E-state index contributed by atoms with van der Waals surface area (Å²) in [6.45, 7) is 6.60. The summed E-state index contributed by atoms with van der Waals surface area (Å²) in [7, 11) is 0. The molecule has 2 aromatic rings. The lowest BCUT2D eigenvalue weighted by atomic mass is 10.1. The van der Waals surface area contributed by atoms with Gasteiger partial charge in [-0.25, -0.2) is 0 Å². The van der Waals surface area contributed by atoms with Crippen molar-refractivity contribution in [3.8, 4) is 5.75 Å². The first-order valence-corrected chi connectivity index (χ1v) is 8.18. The topological polar surface area (TPSA) is 38.3 Å². The van der Waals surface area contributed by atoms with Gasteiger partial charge in [0, 0.05) is 11.3 Å². The minimum atomic E-state index is -0.118. The molecule has 0 bridgehead atoms. The van der Waals surface area contributed by atoms with Crippen molar-refractivity contribution in [2.75, 3.05) is 11.9 Å². The number of halogens is 1. The molecule has 0 radical (unpaired) electrons. The first-order chi connectivity index (χ1) is 10.6. The fraction of sp³-hybridized carbons (Fsp3) is 0.278. The standard InChI is InChI=1S/C18H20BrNO2/c1-4-13-8-6-7-12(3)17(13)20-18(21)14-9-10-16(22-5-2)15(19)11-14/h6-11H,4-5H2,1-3H3,(H,20,21). The van der Waals surface area contributed by atoms with Crippen molar-refractivity contribution < 1.29 is 9.53 Å². The molecule has 2 aromatic carbocycles. The minimum Gasteiger partial charge on any atom is -0.493 e. The van der Waals surface area contributed by atoms with Crippen molar-refractivity contribution in [1.29, 1.82) is 0 Å². The fourth-order valence-corrected chi connectivity index (χ4v) is 2.80. The van der Waals surface area contributed by atoms with Crippen LogP contribution in [0.3, 0.4) is 0 Å². The maximum atomic E-state index is 12.5. The van der Waals surface area contributed by atoms with Crippen LogP contribution in [0, 0.1) is 6.92 Å². The molecule has 0 fully saturated rings. The highest BCUT2D eigenvalue weighted by Gasteiger charge is 2.12. The second-order valence-corrected chi connectivity index (χ2v) is 5.85. The number of anilines is 1. The Balaban J connectivity index is 2.25. The van der Waals surface area contributed by atoms with Gasteiger partial charge >= 0.3 is 0 Å². The van der Waals surface area contributed by atoms with Gasteiger partial charge in [-0.1, -0.05) is 25.1 Å². The van der Waals surface area contributed by atoms with Gasteiger partial charge in [0.25, 0.3) is 5.91 Å². The zero-order chi connectivity index (χ0) is 16.1. The minimum absolute atomic E-state index is 0.118. The third-order valence-corrected chi connectivity index (χ3v) is 4.09. The average Bonchev–Trinajstić information content (AvgIpc) is 2.51. The fourth-order valence-electron chi connectivity index (χ4n) is 2.30. The molecule has 116 valence electrons. The highest BCUT2D eigenvalue weighted by molar-refractivity contribution is 9.10. The van der Waals surface area contributed by atoms with E-state index in [2.05, 4.69) is 28.2 Å². The predicted octanol–water partition coefficient (Wildman–Crippen LogP) is 4.97. The van der Waals surface area contributed by atoms with Gasteiger partial charge in [0.1, 0.15) is 5.75 Å². The zero-order valence-corrected chi connectivity index (χ0v) is 14.7. The summed E-state index contributed by atoms with van der Waals surface area (Å²) in [6.07, 6.45) is 0.879. The van der Waals surface area contributed by atoms with Crippen molar-refractivity contribution in [3.63, 3.8) is 0 Å². The summed E-state index contributed by atoms with van der Waals surface area (Å²) < 4.78 is 6.25. The molecule has 0 spiro atoms. The smallest absolute Gasteiger partial charge is 0.255 e. The molecule has 3 nitrogen and oxygen atoms in total. The Kier molecular flexibility index (Phi) is 5.61. The van der Waals surface area contributed by atoms with E-state index >= 15 is 0 Å². The Morgan fingerprint density at radius 3 is 2.64 bits per heavy atom. The molecule has 0 aliphatic rings. The molecule has 0 saturated heterocycles. The van der Waals surface area contributed by atoms with E-state index < -0.39 is 0 Å². The molecule has 0 aliphatic carbocycles. The van der Waals surface area contributed by atoms with E-state index in [1.54, 1.807) is 18.2 Å². The molecule has 2 rings (SSSR count). The SMILES string of the molecule is CCOc1ccc(C(=O)Nc2c(C)cccc2CC)cc1Br. The second-order valence-electron chi connectivity index (χ2n) is 4.99. The van der Waals surface area contributed by atoms with Crippen LogP contribution >= 0.6 is 15.9 Å². The molecule has 0 saturated carbocycles.